The fraction of sp³-hybridized carbons (Fsp3) is 0.250. The Balaban J connectivity index is 2.29. The van der Waals surface area contributed by atoms with E-state index in [1.807, 2.05) is 12.1 Å². The van der Waals surface area contributed by atoms with Crippen LogP contribution in [0.1, 0.15) is 17.7 Å². The van der Waals surface area contributed by atoms with Crippen LogP contribution in [0, 0.1) is 0 Å². The third-order valence-corrected chi connectivity index (χ3v) is 2.98. The van der Waals surface area contributed by atoms with Gasteiger partial charge in [0.2, 0.25) is 0 Å². The first-order chi connectivity index (χ1) is 7.86. The molecule has 0 saturated heterocycles. The third kappa shape index (κ3) is 1.34. The molecule has 0 bridgehead atoms. The van der Waals surface area contributed by atoms with E-state index in [1.165, 1.54) is 0 Å². The molecule has 0 spiro atoms. The monoisotopic (exact) mass is 213 g/mol. The number of nitrogens with zero attached hydrogens (tertiary/aromatic N) is 2. The van der Waals surface area contributed by atoms with E-state index in [9.17, 15) is 4.79 Å². The predicted molar refractivity (Wildman–Crippen MR) is 60.1 cm³/mol. The van der Waals surface area contributed by atoms with Crippen molar-refractivity contribution in [1.82, 2.24) is 15.2 Å². The molecule has 0 aliphatic heterocycles. The van der Waals surface area contributed by atoms with E-state index in [0.29, 0.717) is 0 Å². The molecule has 3 rings (SSSR count). The van der Waals surface area contributed by atoms with Gasteiger partial charge in [-0.25, -0.2) is 5.10 Å². The zero-order chi connectivity index (χ0) is 11.0. The lowest BCUT2D eigenvalue weighted by Gasteiger charge is -2.05. The highest BCUT2D eigenvalue weighted by Gasteiger charge is 2.19. The van der Waals surface area contributed by atoms with Crippen molar-refractivity contribution in [2.24, 2.45) is 0 Å². The summed E-state index contributed by atoms with van der Waals surface area (Å²) in [4.78, 5) is 15.8. The maximum absolute atomic E-state index is 11.8. The van der Waals surface area contributed by atoms with Crippen LogP contribution < -0.4 is 5.56 Å². The minimum absolute atomic E-state index is 0.105. The summed E-state index contributed by atoms with van der Waals surface area (Å²) in [6, 6.07) is 3.73. The molecule has 4 nitrogen and oxygen atoms in total. The standard InChI is InChI=1S/C12H11N3O/c16-12-11(8-4-6-13-7-5-8)9-2-1-3-10(9)14-15-12/h4-7H,1-3H2,(H,15,16). The van der Waals surface area contributed by atoms with Crippen molar-refractivity contribution in [3.05, 3.63) is 46.1 Å². The number of pyridine rings is 1. The average Bonchev–Trinajstić information content (AvgIpc) is 2.78. The van der Waals surface area contributed by atoms with Crippen molar-refractivity contribution in [2.45, 2.75) is 19.3 Å². The molecule has 1 aliphatic carbocycles. The van der Waals surface area contributed by atoms with E-state index in [4.69, 9.17) is 0 Å². The molecule has 2 heterocycles. The summed E-state index contributed by atoms with van der Waals surface area (Å²) in [6.07, 6.45) is 6.40. The number of H-pyrrole nitrogens is 1. The number of aromatic nitrogens is 3. The molecule has 80 valence electrons. The topological polar surface area (TPSA) is 58.6 Å². The molecule has 2 aromatic heterocycles. The highest BCUT2D eigenvalue weighted by Crippen LogP contribution is 2.27. The summed E-state index contributed by atoms with van der Waals surface area (Å²) in [5, 5.41) is 6.66. The highest BCUT2D eigenvalue weighted by molar-refractivity contribution is 5.67. The predicted octanol–water partition coefficient (Wildman–Crippen LogP) is 1.32. The van der Waals surface area contributed by atoms with Gasteiger partial charge in [-0.3, -0.25) is 9.78 Å². The summed E-state index contributed by atoms with van der Waals surface area (Å²) < 4.78 is 0. The Labute approximate surface area is 92.4 Å². The smallest absolute Gasteiger partial charge is 0.267 e. The van der Waals surface area contributed by atoms with Gasteiger partial charge in [0.05, 0.1) is 11.3 Å². The first kappa shape index (κ1) is 9.27. The van der Waals surface area contributed by atoms with Crippen LogP contribution in [0.15, 0.2) is 29.3 Å². The summed E-state index contributed by atoms with van der Waals surface area (Å²) in [7, 11) is 0. The fourth-order valence-electron chi connectivity index (χ4n) is 2.26. The maximum Gasteiger partial charge on any atom is 0.272 e. The number of hydrogen-bond donors (Lipinski definition) is 1. The second kappa shape index (κ2) is 3.56. The third-order valence-electron chi connectivity index (χ3n) is 2.98. The van der Waals surface area contributed by atoms with Crippen molar-refractivity contribution >= 4 is 0 Å². The second-order valence-corrected chi connectivity index (χ2v) is 3.94. The van der Waals surface area contributed by atoms with Crippen molar-refractivity contribution in [3.8, 4) is 11.1 Å². The molecular formula is C12H11N3O. The summed E-state index contributed by atoms with van der Waals surface area (Å²) in [6.45, 7) is 0. The van der Waals surface area contributed by atoms with Gasteiger partial charge in [0.25, 0.3) is 5.56 Å². The first-order valence-corrected chi connectivity index (χ1v) is 5.37. The lowest BCUT2D eigenvalue weighted by Crippen LogP contribution is -2.14. The Morgan fingerprint density at radius 2 is 2.00 bits per heavy atom. The largest absolute Gasteiger partial charge is 0.272 e. The number of hydrogen-bond acceptors (Lipinski definition) is 3. The van der Waals surface area contributed by atoms with Crippen LogP contribution in [-0.2, 0) is 12.8 Å². The van der Waals surface area contributed by atoms with Gasteiger partial charge in [-0.2, -0.15) is 5.10 Å². The van der Waals surface area contributed by atoms with Crippen molar-refractivity contribution in [3.63, 3.8) is 0 Å². The van der Waals surface area contributed by atoms with Crippen LogP contribution in [0.25, 0.3) is 11.1 Å². The number of rotatable bonds is 1. The van der Waals surface area contributed by atoms with Crippen LogP contribution in [0.2, 0.25) is 0 Å². The summed E-state index contributed by atoms with van der Waals surface area (Å²) >= 11 is 0. The van der Waals surface area contributed by atoms with Gasteiger partial charge in [-0.15, -0.1) is 0 Å². The fourth-order valence-corrected chi connectivity index (χ4v) is 2.26. The molecule has 16 heavy (non-hydrogen) atoms. The number of fused-ring (bicyclic) bond motifs is 1. The van der Waals surface area contributed by atoms with Crippen molar-refractivity contribution in [1.29, 1.82) is 0 Å². The van der Waals surface area contributed by atoms with Crippen LogP contribution in [-0.4, -0.2) is 15.2 Å². The van der Waals surface area contributed by atoms with Gasteiger partial charge in [0.15, 0.2) is 0 Å². The van der Waals surface area contributed by atoms with E-state index >= 15 is 0 Å². The zero-order valence-electron chi connectivity index (χ0n) is 8.73. The number of aromatic amines is 1. The Morgan fingerprint density at radius 1 is 1.19 bits per heavy atom. The molecule has 1 aliphatic rings. The van der Waals surface area contributed by atoms with E-state index in [2.05, 4.69) is 15.2 Å². The van der Waals surface area contributed by atoms with Gasteiger partial charge in [-0.05, 0) is 42.5 Å². The number of nitrogens with one attached hydrogen (secondary N) is 1. The number of aryl methyl sites for hydroxylation is 1. The maximum atomic E-state index is 11.8. The normalized spacial score (nSPS) is 13.8. The molecule has 2 aromatic rings. The van der Waals surface area contributed by atoms with Crippen LogP contribution in [0.4, 0.5) is 0 Å². The molecule has 0 atom stereocenters. The zero-order valence-corrected chi connectivity index (χ0v) is 8.73. The average molecular weight is 213 g/mol. The first-order valence-electron chi connectivity index (χ1n) is 5.37. The van der Waals surface area contributed by atoms with E-state index in [1.54, 1.807) is 12.4 Å². The van der Waals surface area contributed by atoms with E-state index in [0.717, 1.165) is 41.6 Å². The Bertz CT molecular complexity index is 575. The Morgan fingerprint density at radius 3 is 2.81 bits per heavy atom. The summed E-state index contributed by atoms with van der Waals surface area (Å²) in [5.74, 6) is 0. The lowest BCUT2D eigenvalue weighted by molar-refractivity contribution is 0.872. The van der Waals surface area contributed by atoms with Gasteiger partial charge in [0, 0.05) is 12.4 Å². The van der Waals surface area contributed by atoms with Gasteiger partial charge in [-0.1, -0.05) is 0 Å². The van der Waals surface area contributed by atoms with Crippen LogP contribution in [0.3, 0.4) is 0 Å². The summed E-state index contributed by atoms with van der Waals surface area (Å²) in [5.41, 5.74) is 3.73. The molecule has 0 radical (unpaired) electrons. The molecule has 1 N–H and O–H groups in total. The van der Waals surface area contributed by atoms with Gasteiger partial charge < -0.3 is 0 Å². The minimum atomic E-state index is -0.105. The molecule has 0 aromatic carbocycles. The quantitative estimate of drug-likeness (QED) is 0.777. The minimum Gasteiger partial charge on any atom is -0.267 e. The van der Waals surface area contributed by atoms with Gasteiger partial charge in [0.1, 0.15) is 0 Å². The van der Waals surface area contributed by atoms with Crippen molar-refractivity contribution < 1.29 is 0 Å². The molecular weight excluding hydrogens is 202 g/mol. The Hall–Kier alpha value is -1.97. The Kier molecular flexibility index (Phi) is 2.06. The van der Waals surface area contributed by atoms with E-state index < -0.39 is 0 Å². The second-order valence-electron chi connectivity index (χ2n) is 3.94. The molecule has 4 heteroatoms. The molecule has 0 unspecified atom stereocenters. The SMILES string of the molecule is O=c1[nH]nc2c(c1-c1ccncc1)CCC2. The van der Waals surface area contributed by atoms with E-state index in [-0.39, 0.29) is 5.56 Å². The van der Waals surface area contributed by atoms with Crippen LogP contribution >= 0.6 is 0 Å². The molecule has 0 saturated carbocycles. The molecule has 0 fully saturated rings. The highest BCUT2D eigenvalue weighted by atomic mass is 16.1. The lowest BCUT2D eigenvalue weighted by atomic mass is 10.0. The van der Waals surface area contributed by atoms with Gasteiger partial charge >= 0.3 is 0 Å². The van der Waals surface area contributed by atoms with Crippen LogP contribution in [0.5, 0.6) is 0 Å². The van der Waals surface area contributed by atoms with Crippen molar-refractivity contribution in [2.75, 3.05) is 0 Å². The molecule has 0 amide bonds.